The van der Waals surface area contributed by atoms with Crippen molar-refractivity contribution < 1.29 is 4.79 Å². The number of hydrogen-bond donors (Lipinski definition) is 2. The van der Waals surface area contributed by atoms with E-state index in [2.05, 4.69) is 23.6 Å². The molecule has 3 nitrogen and oxygen atoms in total. The molecule has 19 heavy (non-hydrogen) atoms. The molecule has 0 aliphatic carbocycles. The van der Waals surface area contributed by atoms with Crippen LogP contribution in [0.4, 0.5) is 10.5 Å². The van der Waals surface area contributed by atoms with Gasteiger partial charge in [0.05, 0.1) is 5.54 Å². The highest BCUT2D eigenvalue weighted by atomic mass is 16.2. The van der Waals surface area contributed by atoms with E-state index in [0.717, 1.165) is 16.8 Å². The molecule has 2 amide bonds. The van der Waals surface area contributed by atoms with Gasteiger partial charge in [-0.2, -0.15) is 0 Å². The van der Waals surface area contributed by atoms with E-state index >= 15 is 0 Å². The molecule has 1 unspecified atom stereocenters. The van der Waals surface area contributed by atoms with E-state index in [1.54, 1.807) is 0 Å². The minimum Gasteiger partial charge on any atom is -0.324 e. The Hall–Kier alpha value is -2.29. The van der Waals surface area contributed by atoms with Gasteiger partial charge in [0.1, 0.15) is 0 Å². The highest BCUT2D eigenvalue weighted by molar-refractivity contribution is 5.94. The van der Waals surface area contributed by atoms with Gasteiger partial charge in [-0.25, -0.2) is 4.79 Å². The van der Waals surface area contributed by atoms with Gasteiger partial charge in [-0.05, 0) is 25.5 Å². The van der Waals surface area contributed by atoms with Gasteiger partial charge in [-0.3, -0.25) is 0 Å². The summed E-state index contributed by atoms with van der Waals surface area (Å²) < 4.78 is 0. The standard InChI is InChI=1S/C16H16N2O/c1-11-8-9-14-13(10-11)16(2,18-15(19)17-14)12-6-4-3-5-7-12/h3-10H,1-2H3,(H2,17,18,19). The first kappa shape index (κ1) is 11.8. The first-order chi connectivity index (χ1) is 9.09. The number of carbonyl (C=O) groups is 1. The molecule has 0 aromatic heterocycles. The first-order valence-electron chi connectivity index (χ1n) is 6.35. The maximum Gasteiger partial charge on any atom is 0.320 e. The normalized spacial score (nSPS) is 21.3. The second-order valence-corrected chi connectivity index (χ2v) is 5.12. The highest BCUT2D eigenvalue weighted by Crippen LogP contribution is 2.37. The van der Waals surface area contributed by atoms with Gasteiger partial charge < -0.3 is 10.6 Å². The van der Waals surface area contributed by atoms with Crippen LogP contribution in [0.15, 0.2) is 48.5 Å². The predicted molar refractivity (Wildman–Crippen MR) is 76.2 cm³/mol. The number of nitrogens with one attached hydrogen (secondary N) is 2. The number of fused-ring (bicyclic) bond motifs is 1. The zero-order chi connectivity index (χ0) is 13.5. The number of urea groups is 1. The Labute approximate surface area is 112 Å². The zero-order valence-electron chi connectivity index (χ0n) is 11.0. The number of anilines is 1. The Morgan fingerprint density at radius 2 is 1.79 bits per heavy atom. The van der Waals surface area contributed by atoms with Crippen LogP contribution in [-0.2, 0) is 5.54 Å². The molecule has 0 saturated carbocycles. The van der Waals surface area contributed by atoms with Crippen molar-refractivity contribution in [3.05, 3.63) is 65.2 Å². The lowest BCUT2D eigenvalue weighted by Gasteiger charge is -2.37. The summed E-state index contributed by atoms with van der Waals surface area (Å²) in [5, 5.41) is 5.90. The van der Waals surface area contributed by atoms with E-state index in [4.69, 9.17) is 0 Å². The molecule has 0 fully saturated rings. The summed E-state index contributed by atoms with van der Waals surface area (Å²) in [6, 6.07) is 16.0. The number of rotatable bonds is 1. The third-order valence-electron chi connectivity index (χ3n) is 3.68. The third-order valence-corrected chi connectivity index (χ3v) is 3.68. The van der Waals surface area contributed by atoms with Gasteiger partial charge in [-0.15, -0.1) is 0 Å². The van der Waals surface area contributed by atoms with Crippen molar-refractivity contribution in [2.24, 2.45) is 0 Å². The van der Waals surface area contributed by atoms with E-state index in [1.807, 2.05) is 49.4 Å². The van der Waals surface area contributed by atoms with Crippen LogP contribution in [0, 0.1) is 6.92 Å². The van der Waals surface area contributed by atoms with Crippen LogP contribution in [-0.4, -0.2) is 6.03 Å². The Morgan fingerprint density at radius 1 is 1.05 bits per heavy atom. The lowest BCUT2D eigenvalue weighted by Crippen LogP contribution is -2.50. The summed E-state index contributed by atoms with van der Waals surface area (Å²) in [7, 11) is 0. The summed E-state index contributed by atoms with van der Waals surface area (Å²) in [4.78, 5) is 11.9. The molecule has 2 aromatic rings. The molecule has 96 valence electrons. The second-order valence-electron chi connectivity index (χ2n) is 5.12. The van der Waals surface area contributed by atoms with Crippen LogP contribution < -0.4 is 10.6 Å². The van der Waals surface area contributed by atoms with E-state index in [0.29, 0.717) is 0 Å². The van der Waals surface area contributed by atoms with E-state index in [-0.39, 0.29) is 6.03 Å². The largest absolute Gasteiger partial charge is 0.324 e. The molecule has 1 atom stereocenters. The van der Waals surface area contributed by atoms with Crippen LogP contribution in [0.5, 0.6) is 0 Å². The quantitative estimate of drug-likeness (QED) is 0.802. The first-order valence-corrected chi connectivity index (χ1v) is 6.35. The average Bonchev–Trinajstić information content (AvgIpc) is 2.41. The minimum absolute atomic E-state index is 0.164. The number of carbonyl (C=O) groups excluding carboxylic acids is 1. The van der Waals surface area contributed by atoms with Crippen molar-refractivity contribution in [1.29, 1.82) is 0 Å². The van der Waals surface area contributed by atoms with Crippen molar-refractivity contribution in [1.82, 2.24) is 5.32 Å². The smallest absolute Gasteiger partial charge is 0.320 e. The monoisotopic (exact) mass is 252 g/mol. The van der Waals surface area contributed by atoms with Gasteiger partial charge >= 0.3 is 6.03 Å². The zero-order valence-corrected chi connectivity index (χ0v) is 11.0. The second kappa shape index (κ2) is 4.12. The van der Waals surface area contributed by atoms with Gasteiger partial charge in [0.2, 0.25) is 0 Å². The predicted octanol–water partition coefficient (Wildman–Crippen LogP) is 3.39. The van der Waals surface area contributed by atoms with Crippen molar-refractivity contribution in [2.45, 2.75) is 19.4 Å². The SMILES string of the molecule is Cc1ccc2c(c1)C(C)(c1ccccc1)NC(=O)N2. The molecular formula is C16H16N2O. The summed E-state index contributed by atoms with van der Waals surface area (Å²) in [6.45, 7) is 4.10. The summed E-state index contributed by atoms with van der Waals surface area (Å²) >= 11 is 0. The third kappa shape index (κ3) is 1.87. The van der Waals surface area contributed by atoms with Gasteiger partial charge in [0, 0.05) is 11.3 Å². The molecule has 3 heteroatoms. The molecule has 3 rings (SSSR count). The number of benzene rings is 2. The van der Waals surface area contributed by atoms with Gasteiger partial charge in [-0.1, -0.05) is 48.0 Å². The maximum atomic E-state index is 11.9. The molecule has 1 aliphatic rings. The Balaban J connectivity index is 2.23. The van der Waals surface area contributed by atoms with Crippen LogP contribution >= 0.6 is 0 Å². The van der Waals surface area contributed by atoms with Crippen LogP contribution in [0.2, 0.25) is 0 Å². The van der Waals surface area contributed by atoms with Gasteiger partial charge in [0.25, 0.3) is 0 Å². The summed E-state index contributed by atoms with van der Waals surface area (Å²) in [6.07, 6.45) is 0. The van der Waals surface area contributed by atoms with Crippen molar-refractivity contribution >= 4 is 11.7 Å². The lowest BCUT2D eigenvalue weighted by molar-refractivity contribution is 0.242. The van der Waals surface area contributed by atoms with Crippen molar-refractivity contribution in [2.75, 3.05) is 5.32 Å². The number of aryl methyl sites for hydroxylation is 1. The molecule has 0 radical (unpaired) electrons. The average molecular weight is 252 g/mol. The molecule has 0 saturated heterocycles. The fraction of sp³-hybridized carbons (Fsp3) is 0.188. The Bertz CT molecular complexity index is 636. The van der Waals surface area contributed by atoms with Crippen molar-refractivity contribution in [3.63, 3.8) is 0 Å². The van der Waals surface area contributed by atoms with Crippen molar-refractivity contribution in [3.8, 4) is 0 Å². The summed E-state index contributed by atoms with van der Waals surface area (Å²) in [5.74, 6) is 0. The number of amides is 2. The fourth-order valence-electron chi connectivity index (χ4n) is 2.63. The Kier molecular flexibility index (Phi) is 2.56. The molecule has 1 heterocycles. The summed E-state index contributed by atoms with van der Waals surface area (Å²) in [5.41, 5.74) is 3.74. The molecule has 2 aromatic carbocycles. The van der Waals surface area contributed by atoms with E-state index < -0.39 is 5.54 Å². The van der Waals surface area contributed by atoms with E-state index in [9.17, 15) is 4.79 Å². The molecule has 0 bridgehead atoms. The van der Waals surface area contributed by atoms with Crippen LogP contribution in [0.25, 0.3) is 0 Å². The minimum atomic E-state index is -0.495. The number of hydrogen-bond acceptors (Lipinski definition) is 1. The molecule has 2 N–H and O–H groups in total. The molecular weight excluding hydrogens is 236 g/mol. The van der Waals surface area contributed by atoms with Crippen LogP contribution in [0.1, 0.15) is 23.6 Å². The lowest BCUT2D eigenvalue weighted by atomic mass is 9.82. The highest BCUT2D eigenvalue weighted by Gasteiger charge is 2.36. The fourth-order valence-corrected chi connectivity index (χ4v) is 2.63. The topological polar surface area (TPSA) is 41.1 Å². The molecule has 0 spiro atoms. The molecule has 1 aliphatic heterocycles. The van der Waals surface area contributed by atoms with Gasteiger partial charge in [0.15, 0.2) is 0 Å². The van der Waals surface area contributed by atoms with E-state index in [1.165, 1.54) is 5.56 Å². The Morgan fingerprint density at radius 3 is 2.53 bits per heavy atom. The van der Waals surface area contributed by atoms with Crippen LogP contribution in [0.3, 0.4) is 0 Å². The maximum absolute atomic E-state index is 11.9.